The summed E-state index contributed by atoms with van der Waals surface area (Å²) in [7, 11) is 8.14. The lowest BCUT2D eigenvalue weighted by molar-refractivity contribution is 0.354. The van der Waals surface area contributed by atoms with E-state index in [-0.39, 0.29) is 0 Å². The molecule has 1 heterocycles. The van der Waals surface area contributed by atoms with E-state index in [0.717, 1.165) is 39.3 Å². The molecule has 0 aliphatic carbocycles. The Morgan fingerprint density at radius 1 is 0.647 bits per heavy atom. The second-order valence-electron chi connectivity index (χ2n) is 7.71. The molecule has 1 aliphatic heterocycles. The fourth-order valence-corrected chi connectivity index (χ4v) is 3.95. The smallest absolute Gasteiger partial charge is 0.161 e. The molecule has 4 rings (SSSR count). The van der Waals surface area contributed by atoms with Gasteiger partial charge < -0.3 is 28.4 Å². The van der Waals surface area contributed by atoms with Gasteiger partial charge in [0.15, 0.2) is 23.0 Å². The van der Waals surface area contributed by atoms with E-state index in [1.165, 1.54) is 0 Å². The van der Waals surface area contributed by atoms with E-state index < -0.39 is 0 Å². The highest BCUT2D eigenvalue weighted by Gasteiger charge is 2.22. The molecular formula is C28H28O6. The molecule has 0 fully saturated rings. The van der Waals surface area contributed by atoms with Crippen LogP contribution in [-0.2, 0) is 4.74 Å². The van der Waals surface area contributed by atoms with Crippen molar-refractivity contribution in [1.29, 1.82) is 0 Å². The van der Waals surface area contributed by atoms with Crippen molar-refractivity contribution >= 4 is 23.7 Å². The van der Waals surface area contributed by atoms with Gasteiger partial charge in [-0.25, -0.2) is 0 Å². The fourth-order valence-electron chi connectivity index (χ4n) is 3.95. The highest BCUT2D eigenvalue weighted by atomic mass is 16.5. The van der Waals surface area contributed by atoms with Gasteiger partial charge in [-0.3, -0.25) is 0 Å². The molecule has 176 valence electrons. The summed E-state index contributed by atoms with van der Waals surface area (Å²) >= 11 is 0. The number of benzene rings is 3. The van der Waals surface area contributed by atoms with E-state index in [9.17, 15) is 0 Å². The Labute approximate surface area is 199 Å². The standard InChI is InChI=1S/C28H28O6/c1-17-11-19(8-10-22(17)29-2)24-14-20-15-27(32-5)28(33-6)16-21(20)25(34-24)12-18-7-9-23(30-3)26(13-18)31-4/h7-16H,1-6H3. The average molecular weight is 461 g/mol. The van der Waals surface area contributed by atoms with Crippen molar-refractivity contribution in [1.82, 2.24) is 0 Å². The maximum Gasteiger partial charge on any atom is 0.161 e. The lowest BCUT2D eigenvalue weighted by Gasteiger charge is -2.23. The van der Waals surface area contributed by atoms with Crippen molar-refractivity contribution in [3.8, 4) is 28.7 Å². The Morgan fingerprint density at radius 3 is 1.91 bits per heavy atom. The molecule has 0 saturated carbocycles. The van der Waals surface area contributed by atoms with Gasteiger partial charge in [0.25, 0.3) is 0 Å². The third kappa shape index (κ3) is 4.39. The highest BCUT2D eigenvalue weighted by molar-refractivity contribution is 5.94. The van der Waals surface area contributed by atoms with Gasteiger partial charge in [0.1, 0.15) is 17.3 Å². The molecular weight excluding hydrogens is 432 g/mol. The highest BCUT2D eigenvalue weighted by Crippen LogP contribution is 2.42. The van der Waals surface area contributed by atoms with Gasteiger partial charge in [-0.05, 0) is 78.2 Å². The molecule has 0 amide bonds. The molecule has 6 heteroatoms. The summed E-state index contributed by atoms with van der Waals surface area (Å²) in [5.74, 6) is 4.80. The molecule has 0 aromatic heterocycles. The predicted octanol–water partition coefficient (Wildman–Crippen LogP) is 6.06. The van der Waals surface area contributed by atoms with Crippen LogP contribution in [0.2, 0.25) is 0 Å². The molecule has 0 atom stereocenters. The van der Waals surface area contributed by atoms with Crippen molar-refractivity contribution in [2.75, 3.05) is 35.5 Å². The number of aryl methyl sites for hydroxylation is 1. The van der Waals surface area contributed by atoms with Gasteiger partial charge in [0.05, 0.1) is 35.5 Å². The van der Waals surface area contributed by atoms with Gasteiger partial charge >= 0.3 is 0 Å². The van der Waals surface area contributed by atoms with Crippen LogP contribution in [0.1, 0.15) is 27.8 Å². The van der Waals surface area contributed by atoms with Crippen LogP contribution in [-0.4, -0.2) is 35.5 Å². The lowest BCUT2D eigenvalue weighted by Crippen LogP contribution is -2.04. The Bertz CT molecular complexity index is 1270. The molecule has 3 aromatic rings. The summed E-state index contributed by atoms with van der Waals surface area (Å²) in [6, 6.07) is 15.6. The average Bonchev–Trinajstić information content (AvgIpc) is 2.87. The van der Waals surface area contributed by atoms with Crippen LogP contribution in [0, 0.1) is 6.92 Å². The molecule has 0 N–H and O–H groups in total. The lowest BCUT2D eigenvalue weighted by atomic mass is 9.97. The summed E-state index contributed by atoms with van der Waals surface area (Å²) in [5.41, 5.74) is 4.71. The largest absolute Gasteiger partial charge is 0.496 e. The normalized spacial score (nSPS) is 13.5. The van der Waals surface area contributed by atoms with Crippen molar-refractivity contribution in [3.63, 3.8) is 0 Å². The van der Waals surface area contributed by atoms with Crippen LogP contribution in [0.3, 0.4) is 0 Å². The topological polar surface area (TPSA) is 55.4 Å². The molecule has 0 saturated heterocycles. The maximum atomic E-state index is 6.45. The van der Waals surface area contributed by atoms with E-state index in [1.54, 1.807) is 35.5 Å². The van der Waals surface area contributed by atoms with Crippen LogP contribution in [0.25, 0.3) is 23.7 Å². The molecule has 0 unspecified atom stereocenters. The number of rotatable bonds is 7. The Kier molecular flexibility index (Phi) is 6.68. The zero-order valence-electron chi connectivity index (χ0n) is 20.2. The number of methoxy groups -OCH3 is 5. The van der Waals surface area contributed by atoms with Crippen LogP contribution in [0.5, 0.6) is 28.7 Å². The summed E-state index contributed by atoms with van der Waals surface area (Å²) in [5, 5.41) is 0. The molecule has 1 aliphatic rings. The number of fused-ring (bicyclic) bond motifs is 1. The van der Waals surface area contributed by atoms with Gasteiger partial charge in [0.2, 0.25) is 0 Å². The van der Waals surface area contributed by atoms with Crippen LogP contribution >= 0.6 is 0 Å². The molecule has 3 aromatic carbocycles. The minimum absolute atomic E-state index is 0.625. The monoisotopic (exact) mass is 460 g/mol. The number of ether oxygens (including phenoxy) is 6. The SMILES string of the molecule is COc1ccc(C2=Cc3cc(OC)c(OC)cc3C(=Cc3ccc(OC)c(OC)c3)O2)cc1C. The Morgan fingerprint density at radius 2 is 1.26 bits per heavy atom. The van der Waals surface area contributed by atoms with Gasteiger partial charge in [-0.2, -0.15) is 0 Å². The van der Waals surface area contributed by atoms with Gasteiger partial charge in [0, 0.05) is 11.1 Å². The van der Waals surface area contributed by atoms with Crippen molar-refractivity contribution in [2.45, 2.75) is 6.92 Å². The summed E-state index contributed by atoms with van der Waals surface area (Å²) in [6.45, 7) is 2.01. The molecule has 0 bridgehead atoms. The minimum atomic E-state index is 0.625. The third-order valence-corrected chi connectivity index (χ3v) is 5.71. The second kappa shape index (κ2) is 9.83. The Balaban J connectivity index is 1.87. The van der Waals surface area contributed by atoms with Crippen LogP contribution in [0.4, 0.5) is 0 Å². The minimum Gasteiger partial charge on any atom is -0.496 e. The summed E-state index contributed by atoms with van der Waals surface area (Å²) in [6.07, 6.45) is 3.97. The van der Waals surface area contributed by atoms with Crippen LogP contribution < -0.4 is 23.7 Å². The maximum absolute atomic E-state index is 6.45. The fraction of sp³-hybridized carbons (Fsp3) is 0.214. The quantitative estimate of drug-likeness (QED) is 0.427. The van der Waals surface area contributed by atoms with Crippen molar-refractivity contribution < 1.29 is 28.4 Å². The van der Waals surface area contributed by atoms with E-state index in [4.69, 9.17) is 28.4 Å². The number of hydrogen-bond acceptors (Lipinski definition) is 6. The van der Waals surface area contributed by atoms with Crippen molar-refractivity contribution in [3.05, 3.63) is 76.3 Å². The first-order valence-electron chi connectivity index (χ1n) is 10.8. The molecule has 34 heavy (non-hydrogen) atoms. The van der Waals surface area contributed by atoms with Gasteiger partial charge in [-0.1, -0.05) is 6.07 Å². The Hall–Kier alpha value is -4.06. The first-order valence-corrected chi connectivity index (χ1v) is 10.8. The number of hydrogen-bond donors (Lipinski definition) is 0. The van der Waals surface area contributed by atoms with E-state index in [2.05, 4.69) is 0 Å². The van der Waals surface area contributed by atoms with E-state index >= 15 is 0 Å². The third-order valence-electron chi connectivity index (χ3n) is 5.71. The second-order valence-corrected chi connectivity index (χ2v) is 7.71. The zero-order chi connectivity index (χ0) is 24.2. The predicted molar refractivity (Wildman–Crippen MR) is 134 cm³/mol. The van der Waals surface area contributed by atoms with Crippen molar-refractivity contribution in [2.24, 2.45) is 0 Å². The molecule has 6 nitrogen and oxygen atoms in total. The zero-order valence-corrected chi connectivity index (χ0v) is 20.2. The van der Waals surface area contributed by atoms with Crippen LogP contribution in [0.15, 0.2) is 48.5 Å². The first-order chi connectivity index (χ1) is 16.5. The summed E-state index contributed by atoms with van der Waals surface area (Å²) in [4.78, 5) is 0. The first kappa shape index (κ1) is 23.1. The van der Waals surface area contributed by atoms with Gasteiger partial charge in [-0.15, -0.1) is 0 Å². The molecule has 0 radical (unpaired) electrons. The van der Waals surface area contributed by atoms with E-state index in [1.807, 2.05) is 67.6 Å². The van der Waals surface area contributed by atoms with E-state index in [0.29, 0.717) is 28.8 Å². The summed E-state index contributed by atoms with van der Waals surface area (Å²) < 4.78 is 33.8. The molecule has 0 spiro atoms.